The number of hydrogen-bond acceptors (Lipinski definition) is 6. The molecule has 0 amide bonds. The molecule has 30 heavy (non-hydrogen) atoms. The molecule has 0 spiro atoms. The maximum absolute atomic E-state index is 5.92. The largest absolute Gasteiger partial charge is 0.375 e. The summed E-state index contributed by atoms with van der Waals surface area (Å²) in [5.41, 5.74) is 2.94. The molecule has 7 heteroatoms. The lowest BCUT2D eigenvalue weighted by Gasteiger charge is -2.40. The van der Waals surface area contributed by atoms with Gasteiger partial charge in [0.05, 0.1) is 17.0 Å². The fourth-order valence-electron chi connectivity index (χ4n) is 5.88. The molecule has 1 saturated carbocycles. The van der Waals surface area contributed by atoms with Gasteiger partial charge in [0.1, 0.15) is 5.82 Å². The van der Waals surface area contributed by atoms with Gasteiger partial charge in [-0.1, -0.05) is 0 Å². The quantitative estimate of drug-likeness (QED) is 0.834. The third-order valence-corrected chi connectivity index (χ3v) is 7.27. The van der Waals surface area contributed by atoms with Crippen LogP contribution in [0.15, 0.2) is 18.3 Å². The van der Waals surface area contributed by atoms with Gasteiger partial charge in [0.25, 0.3) is 0 Å². The summed E-state index contributed by atoms with van der Waals surface area (Å²) >= 11 is 0. The zero-order valence-corrected chi connectivity index (χ0v) is 18.6. The summed E-state index contributed by atoms with van der Waals surface area (Å²) in [5.74, 6) is 2.49. The summed E-state index contributed by atoms with van der Waals surface area (Å²) < 4.78 is 7.74. The first-order valence-corrected chi connectivity index (χ1v) is 11.4. The molecule has 2 saturated heterocycles. The van der Waals surface area contributed by atoms with Gasteiger partial charge in [0.2, 0.25) is 0 Å². The van der Waals surface area contributed by atoms with Gasteiger partial charge in [-0.2, -0.15) is 5.10 Å². The Morgan fingerprint density at radius 2 is 1.90 bits per heavy atom. The van der Waals surface area contributed by atoms with Crippen LogP contribution in [-0.4, -0.2) is 62.3 Å². The highest BCUT2D eigenvalue weighted by Gasteiger charge is 2.44. The van der Waals surface area contributed by atoms with Crippen molar-refractivity contribution in [1.29, 1.82) is 0 Å². The minimum atomic E-state index is 0.0316. The summed E-state index contributed by atoms with van der Waals surface area (Å²) in [4.78, 5) is 2.75. The SMILES string of the molecule is Cc1nn(C)cc1-c1ccc(NC2C[C@@H]3CN([C@H]4CCOC(C)(C)C4)C[C@H]3C2)nn1. The van der Waals surface area contributed by atoms with Crippen LogP contribution in [0.3, 0.4) is 0 Å². The van der Waals surface area contributed by atoms with Crippen LogP contribution in [0.4, 0.5) is 5.82 Å². The fourth-order valence-corrected chi connectivity index (χ4v) is 5.88. The van der Waals surface area contributed by atoms with E-state index >= 15 is 0 Å². The fraction of sp³-hybridized carbons (Fsp3) is 0.696. The van der Waals surface area contributed by atoms with Gasteiger partial charge in [-0.15, -0.1) is 10.2 Å². The normalized spacial score (nSPS) is 29.3. The van der Waals surface area contributed by atoms with Gasteiger partial charge in [-0.05, 0) is 70.4 Å². The number of fused-ring (bicyclic) bond motifs is 1. The van der Waals surface area contributed by atoms with Crippen molar-refractivity contribution in [3.8, 4) is 11.3 Å². The first-order valence-electron chi connectivity index (χ1n) is 11.4. The van der Waals surface area contributed by atoms with Crippen LogP contribution in [0.5, 0.6) is 0 Å². The molecule has 0 unspecified atom stereocenters. The predicted molar refractivity (Wildman–Crippen MR) is 117 cm³/mol. The maximum atomic E-state index is 5.92. The molecule has 2 aromatic heterocycles. The third kappa shape index (κ3) is 3.97. The number of anilines is 1. The van der Waals surface area contributed by atoms with E-state index < -0.39 is 0 Å². The van der Waals surface area contributed by atoms with Crippen molar-refractivity contribution in [2.75, 3.05) is 25.0 Å². The minimum absolute atomic E-state index is 0.0316. The lowest BCUT2D eigenvalue weighted by Crippen LogP contribution is -2.45. The molecular weight excluding hydrogens is 376 g/mol. The van der Waals surface area contributed by atoms with E-state index in [0.29, 0.717) is 12.1 Å². The van der Waals surface area contributed by atoms with E-state index in [1.165, 1.54) is 32.4 Å². The number of nitrogens with one attached hydrogen (secondary N) is 1. The number of aromatic nitrogens is 4. The van der Waals surface area contributed by atoms with E-state index in [1.807, 2.05) is 30.9 Å². The highest BCUT2D eigenvalue weighted by molar-refractivity contribution is 5.61. The van der Waals surface area contributed by atoms with Crippen molar-refractivity contribution in [2.45, 2.75) is 64.1 Å². The van der Waals surface area contributed by atoms with E-state index in [2.05, 4.69) is 45.4 Å². The third-order valence-electron chi connectivity index (χ3n) is 7.27. The summed E-state index contributed by atoms with van der Waals surface area (Å²) in [6, 6.07) is 5.30. The second-order valence-electron chi connectivity index (χ2n) is 10.1. The Morgan fingerprint density at radius 3 is 2.50 bits per heavy atom. The van der Waals surface area contributed by atoms with E-state index in [4.69, 9.17) is 4.74 Å². The summed E-state index contributed by atoms with van der Waals surface area (Å²) in [7, 11) is 1.93. The monoisotopic (exact) mass is 410 g/mol. The Bertz CT molecular complexity index is 878. The number of nitrogens with zero attached hydrogens (tertiary/aromatic N) is 5. The molecule has 0 aromatic carbocycles. The van der Waals surface area contributed by atoms with Gasteiger partial charge in [-0.25, -0.2) is 0 Å². The molecule has 3 fully saturated rings. The van der Waals surface area contributed by atoms with Crippen LogP contribution in [0, 0.1) is 18.8 Å². The van der Waals surface area contributed by atoms with Crippen molar-refractivity contribution < 1.29 is 4.74 Å². The highest BCUT2D eigenvalue weighted by atomic mass is 16.5. The molecule has 162 valence electrons. The van der Waals surface area contributed by atoms with Gasteiger partial charge >= 0.3 is 0 Å². The van der Waals surface area contributed by atoms with Crippen LogP contribution >= 0.6 is 0 Å². The van der Waals surface area contributed by atoms with E-state index in [0.717, 1.165) is 47.6 Å². The lowest BCUT2D eigenvalue weighted by atomic mass is 9.93. The molecule has 7 nitrogen and oxygen atoms in total. The van der Waals surface area contributed by atoms with Gasteiger partial charge in [0.15, 0.2) is 0 Å². The van der Waals surface area contributed by atoms with E-state index in [-0.39, 0.29) is 5.60 Å². The molecule has 0 radical (unpaired) electrons. The van der Waals surface area contributed by atoms with Crippen molar-refractivity contribution in [3.05, 3.63) is 24.0 Å². The first-order chi connectivity index (χ1) is 14.4. The van der Waals surface area contributed by atoms with Crippen molar-refractivity contribution in [1.82, 2.24) is 24.9 Å². The average Bonchev–Trinajstić information content (AvgIpc) is 3.34. The van der Waals surface area contributed by atoms with Crippen LogP contribution in [0.1, 0.15) is 45.2 Å². The number of aryl methyl sites for hydroxylation is 2. The number of rotatable bonds is 4. The number of ether oxygens (including phenoxy) is 1. The molecule has 5 rings (SSSR count). The second-order valence-corrected chi connectivity index (χ2v) is 10.1. The Balaban J connectivity index is 1.16. The predicted octanol–water partition coefficient (Wildman–Crippen LogP) is 3.27. The Morgan fingerprint density at radius 1 is 1.13 bits per heavy atom. The van der Waals surface area contributed by atoms with Gasteiger partial charge in [-0.3, -0.25) is 9.58 Å². The molecule has 3 atom stereocenters. The standard InChI is InChI=1S/C23H34N6O/c1-15-20(14-28(4)27-15)21-5-6-22(26-25-21)24-18-9-16-12-29(13-17(16)10-18)19-7-8-30-23(2,3)11-19/h5-6,14,16-19H,7-13H2,1-4H3,(H,24,26)/t16-,17-,19+/m1/s1. The van der Waals surface area contributed by atoms with Crippen molar-refractivity contribution in [3.63, 3.8) is 0 Å². The van der Waals surface area contributed by atoms with Crippen molar-refractivity contribution in [2.24, 2.45) is 18.9 Å². The zero-order chi connectivity index (χ0) is 20.9. The molecule has 0 bridgehead atoms. The molecule has 1 aliphatic carbocycles. The van der Waals surface area contributed by atoms with Crippen LogP contribution in [0.2, 0.25) is 0 Å². The Kier molecular flexibility index (Phi) is 5.06. The van der Waals surface area contributed by atoms with Crippen LogP contribution < -0.4 is 5.32 Å². The molecule has 1 N–H and O–H groups in total. The zero-order valence-electron chi connectivity index (χ0n) is 18.6. The van der Waals surface area contributed by atoms with E-state index in [9.17, 15) is 0 Å². The van der Waals surface area contributed by atoms with Gasteiger partial charge in [0, 0.05) is 50.6 Å². The topological polar surface area (TPSA) is 68.1 Å². The van der Waals surface area contributed by atoms with E-state index in [1.54, 1.807) is 0 Å². The molecule has 4 heterocycles. The summed E-state index contributed by atoms with van der Waals surface area (Å²) in [5, 5.41) is 16.9. The minimum Gasteiger partial charge on any atom is -0.375 e. The second kappa shape index (κ2) is 7.61. The number of likely N-dealkylation sites (tertiary alicyclic amines) is 1. The molecule has 2 aromatic rings. The van der Waals surface area contributed by atoms with Crippen molar-refractivity contribution >= 4 is 5.82 Å². The highest BCUT2D eigenvalue weighted by Crippen LogP contribution is 2.41. The summed E-state index contributed by atoms with van der Waals surface area (Å²) in [6.45, 7) is 9.87. The Labute approximate surface area is 179 Å². The average molecular weight is 411 g/mol. The van der Waals surface area contributed by atoms with Crippen LogP contribution in [-0.2, 0) is 11.8 Å². The van der Waals surface area contributed by atoms with Crippen LogP contribution in [0.25, 0.3) is 11.3 Å². The number of hydrogen-bond donors (Lipinski definition) is 1. The Hall–Kier alpha value is -1.99. The lowest BCUT2D eigenvalue weighted by molar-refractivity contribution is -0.0811. The molecule has 3 aliphatic rings. The van der Waals surface area contributed by atoms with Gasteiger partial charge < -0.3 is 10.1 Å². The summed E-state index contributed by atoms with van der Waals surface area (Å²) in [6.07, 6.45) is 6.81. The first kappa shape index (κ1) is 19.9. The molecular formula is C23H34N6O. The molecule has 2 aliphatic heterocycles. The smallest absolute Gasteiger partial charge is 0.148 e. The maximum Gasteiger partial charge on any atom is 0.148 e.